The zero-order valence-corrected chi connectivity index (χ0v) is 7.78. The maximum atomic E-state index is 10.2. The Morgan fingerprint density at radius 1 is 1.62 bits per heavy atom. The van der Waals surface area contributed by atoms with Crippen molar-refractivity contribution in [2.24, 2.45) is 0 Å². The maximum absolute atomic E-state index is 10.2. The van der Waals surface area contributed by atoms with E-state index in [-0.39, 0.29) is 0 Å². The molecule has 13 heavy (non-hydrogen) atoms. The van der Waals surface area contributed by atoms with Gasteiger partial charge in [0.2, 0.25) is 6.20 Å². The van der Waals surface area contributed by atoms with Crippen molar-refractivity contribution in [3.05, 3.63) is 51.2 Å². The fourth-order valence-corrected chi connectivity index (χ4v) is 1.16. The van der Waals surface area contributed by atoms with Gasteiger partial charge in [-0.25, -0.2) is 0 Å². The van der Waals surface area contributed by atoms with Gasteiger partial charge in [-0.15, -0.1) is 0 Å². The van der Waals surface area contributed by atoms with E-state index in [9.17, 15) is 10.1 Å². The zero-order chi connectivity index (χ0) is 9.84. The first kappa shape index (κ1) is 9.74. The van der Waals surface area contributed by atoms with Crippen molar-refractivity contribution < 1.29 is 4.92 Å². The molecule has 0 aromatic heterocycles. The lowest BCUT2D eigenvalue weighted by molar-refractivity contribution is -0.401. The minimum atomic E-state index is -0.476. The largest absolute Gasteiger partial charge is 0.259 e. The second-order valence-electron chi connectivity index (χ2n) is 2.61. The molecule has 1 rings (SSSR count). The van der Waals surface area contributed by atoms with Crippen LogP contribution in [-0.2, 0) is 0 Å². The van der Waals surface area contributed by atoms with Crippen LogP contribution in [0.15, 0.2) is 30.5 Å². The summed E-state index contributed by atoms with van der Waals surface area (Å²) in [6, 6.07) is 6.96. The second-order valence-corrected chi connectivity index (χ2v) is 3.04. The van der Waals surface area contributed by atoms with E-state index < -0.39 is 4.92 Å². The van der Waals surface area contributed by atoms with Crippen molar-refractivity contribution in [1.82, 2.24) is 0 Å². The molecule has 0 saturated carbocycles. The molecule has 0 fully saturated rings. The average Bonchev–Trinajstić information content (AvgIpc) is 2.03. The molecule has 0 aliphatic heterocycles. The molecule has 1 aromatic carbocycles. The molecule has 0 N–H and O–H groups in total. The van der Waals surface area contributed by atoms with Crippen LogP contribution in [-0.4, -0.2) is 4.92 Å². The molecule has 0 radical (unpaired) electrons. The molecule has 0 saturated heterocycles. The van der Waals surface area contributed by atoms with Crippen molar-refractivity contribution in [1.29, 1.82) is 0 Å². The van der Waals surface area contributed by atoms with Crippen LogP contribution >= 0.6 is 11.6 Å². The highest BCUT2D eigenvalue weighted by Crippen LogP contribution is 2.17. The van der Waals surface area contributed by atoms with Gasteiger partial charge in [-0.3, -0.25) is 10.1 Å². The van der Waals surface area contributed by atoms with Crippen molar-refractivity contribution >= 4 is 17.2 Å². The van der Waals surface area contributed by atoms with Crippen LogP contribution in [0, 0.1) is 10.1 Å². The second kappa shape index (κ2) is 4.05. The number of allylic oxidation sites excluding steroid dienone is 1. The lowest BCUT2D eigenvalue weighted by Gasteiger charge is -1.97. The van der Waals surface area contributed by atoms with Crippen LogP contribution in [0.25, 0.3) is 5.57 Å². The molecule has 68 valence electrons. The molecular weight excluding hydrogens is 190 g/mol. The number of hydrogen-bond acceptors (Lipinski definition) is 2. The third-order valence-corrected chi connectivity index (χ3v) is 1.81. The Hall–Kier alpha value is -1.35. The van der Waals surface area contributed by atoms with Gasteiger partial charge in [0.25, 0.3) is 0 Å². The Morgan fingerprint density at radius 3 is 2.85 bits per heavy atom. The van der Waals surface area contributed by atoms with Crippen LogP contribution in [0.3, 0.4) is 0 Å². The van der Waals surface area contributed by atoms with Gasteiger partial charge in [-0.1, -0.05) is 23.7 Å². The van der Waals surface area contributed by atoms with Crippen molar-refractivity contribution in [3.63, 3.8) is 0 Å². The lowest BCUT2D eigenvalue weighted by Crippen LogP contribution is -1.87. The summed E-state index contributed by atoms with van der Waals surface area (Å²) in [5, 5.41) is 10.7. The Labute approximate surface area is 80.8 Å². The molecule has 0 amide bonds. The molecule has 0 aliphatic carbocycles. The normalized spacial score (nSPS) is 11.4. The molecule has 1 aromatic rings. The fraction of sp³-hybridized carbons (Fsp3) is 0.111. The Morgan fingerprint density at radius 2 is 2.31 bits per heavy atom. The van der Waals surface area contributed by atoms with E-state index in [0.29, 0.717) is 10.6 Å². The number of nitro groups is 1. The topological polar surface area (TPSA) is 43.1 Å². The maximum Gasteiger partial charge on any atom is 0.237 e. The molecule has 0 atom stereocenters. The van der Waals surface area contributed by atoms with E-state index in [1.54, 1.807) is 31.2 Å². The van der Waals surface area contributed by atoms with Gasteiger partial charge in [0.1, 0.15) is 0 Å². The minimum absolute atomic E-state index is 0.476. The highest BCUT2D eigenvalue weighted by Gasteiger charge is 2.00. The first-order chi connectivity index (χ1) is 6.09. The first-order valence-electron chi connectivity index (χ1n) is 3.67. The zero-order valence-electron chi connectivity index (χ0n) is 7.03. The van der Waals surface area contributed by atoms with Crippen LogP contribution in [0.2, 0.25) is 5.02 Å². The number of halogens is 1. The van der Waals surface area contributed by atoms with E-state index >= 15 is 0 Å². The average molecular weight is 198 g/mol. The van der Waals surface area contributed by atoms with Crippen molar-refractivity contribution in [2.75, 3.05) is 0 Å². The Kier molecular flexibility index (Phi) is 3.03. The highest BCUT2D eigenvalue weighted by molar-refractivity contribution is 6.30. The quantitative estimate of drug-likeness (QED) is 0.540. The van der Waals surface area contributed by atoms with Gasteiger partial charge in [0, 0.05) is 10.6 Å². The van der Waals surface area contributed by atoms with E-state index in [1.807, 2.05) is 0 Å². The van der Waals surface area contributed by atoms with Gasteiger partial charge in [0.15, 0.2) is 0 Å². The summed E-state index contributed by atoms with van der Waals surface area (Å²) in [6.45, 7) is 1.68. The van der Waals surface area contributed by atoms with Gasteiger partial charge < -0.3 is 0 Å². The van der Waals surface area contributed by atoms with E-state index in [0.717, 1.165) is 11.8 Å². The molecule has 0 unspecified atom stereocenters. The number of rotatable bonds is 2. The van der Waals surface area contributed by atoms with Crippen molar-refractivity contribution in [2.45, 2.75) is 6.92 Å². The molecule has 0 spiro atoms. The summed E-state index contributed by atoms with van der Waals surface area (Å²) in [5.74, 6) is 0. The van der Waals surface area contributed by atoms with Crippen LogP contribution in [0.1, 0.15) is 12.5 Å². The Bertz CT molecular complexity index is 360. The summed E-state index contributed by atoms with van der Waals surface area (Å²) in [7, 11) is 0. The van der Waals surface area contributed by atoms with Crippen LogP contribution < -0.4 is 0 Å². The fourth-order valence-electron chi connectivity index (χ4n) is 0.966. The minimum Gasteiger partial charge on any atom is -0.259 e. The third kappa shape index (κ3) is 2.87. The Balaban J connectivity index is 3.02. The van der Waals surface area contributed by atoms with Crippen molar-refractivity contribution in [3.8, 4) is 0 Å². The molecular formula is C9H8ClNO2. The molecule has 3 nitrogen and oxygen atoms in total. The molecule has 0 heterocycles. The van der Waals surface area contributed by atoms with Crippen LogP contribution in [0.5, 0.6) is 0 Å². The summed E-state index contributed by atoms with van der Waals surface area (Å²) in [4.78, 5) is 9.69. The molecule has 0 aliphatic rings. The van der Waals surface area contributed by atoms with Gasteiger partial charge in [0.05, 0.1) is 4.92 Å². The predicted octanol–water partition coefficient (Wildman–Crippen LogP) is 2.98. The highest BCUT2D eigenvalue weighted by atomic mass is 35.5. The SMILES string of the molecule is C/C(=C\[N+](=O)[O-])c1cccc(Cl)c1. The van der Waals surface area contributed by atoms with Gasteiger partial charge in [-0.2, -0.15) is 0 Å². The van der Waals surface area contributed by atoms with Crippen LogP contribution in [0.4, 0.5) is 0 Å². The number of hydrogen-bond donors (Lipinski definition) is 0. The summed E-state index contributed by atoms with van der Waals surface area (Å²) in [5.41, 5.74) is 1.36. The molecule has 4 heteroatoms. The number of benzene rings is 1. The van der Waals surface area contributed by atoms with Gasteiger partial charge in [-0.05, 0) is 24.6 Å². The summed E-state index contributed by atoms with van der Waals surface area (Å²) >= 11 is 5.73. The summed E-state index contributed by atoms with van der Waals surface area (Å²) < 4.78 is 0. The summed E-state index contributed by atoms with van der Waals surface area (Å²) in [6.07, 6.45) is 0.964. The van der Waals surface area contributed by atoms with E-state index in [4.69, 9.17) is 11.6 Å². The standard InChI is InChI=1S/C9H8ClNO2/c1-7(6-11(12)13)8-3-2-4-9(10)5-8/h2-6H,1H3/b7-6+. The smallest absolute Gasteiger partial charge is 0.237 e. The third-order valence-electron chi connectivity index (χ3n) is 1.58. The van der Waals surface area contributed by atoms with E-state index in [1.165, 1.54) is 0 Å². The molecule has 0 bridgehead atoms. The van der Waals surface area contributed by atoms with Gasteiger partial charge >= 0.3 is 0 Å². The monoisotopic (exact) mass is 197 g/mol. The van der Waals surface area contributed by atoms with E-state index in [2.05, 4.69) is 0 Å². The lowest BCUT2D eigenvalue weighted by atomic mass is 10.1. The predicted molar refractivity (Wildman–Crippen MR) is 52.1 cm³/mol. The number of nitrogens with zero attached hydrogens (tertiary/aromatic N) is 1. The first-order valence-corrected chi connectivity index (χ1v) is 4.05.